The van der Waals surface area contributed by atoms with Crippen LogP contribution in [0.5, 0.6) is 0 Å². The van der Waals surface area contributed by atoms with E-state index in [-0.39, 0.29) is 23.0 Å². The number of rotatable bonds is 5. The van der Waals surface area contributed by atoms with Crippen molar-refractivity contribution in [3.05, 3.63) is 34.3 Å². The van der Waals surface area contributed by atoms with E-state index >= 15 is 0 Å². The number of alkyl halides is 3. The summed E-state index contributed by atoms with van der Waals surface area (Å²) in [4.78, 5) is 13.1. The van der Waals surface area contributed by atoms with Gasteiger partial charge in [-0.25, -0.2) is 8.78 Å². The first kappa shape index (κ1) is 15.2. The summed E-state index contributed by atoms with van der Waals surface area (Å²) in [5, 5.41) is 0.258. The normalized spacial score (nSPS) is 10.8. The highest BCUT2D eigenvalue weighted by molar-refractivity contribution is 6.33. The third-order valence-electron chi connectivity index (χ3n) is 2.36. The summed E-state index contributed by atoms with van der Waals surface area (Å²) in [5.74, 6) is -0.428. The van der Waals surface area contributed by atoms with Crippen LogP contribution in [0.3, 0.4) is 0 Å². The second-order valence-corrected chi connectivity index (χ2v) is 4.60. The van der Waals surface area contributed by atoms with Crippen LogP contribution in [0.4, 0.5) is 8.78 Å². The highest BCUT2D eigenvalue weighted by Crippen LogP contribution is 2.19. The standard InChI is InChI=1S/C12H13Cl2F2NO/c1-8-2-3-9(10(14)6-8)12(18)17(5-4-13)7-11(15)16/h2-3,6,11H,4-5,7H2,1H3. The lowest BCUT2D eigenvalue weighted by atomic mass is 10.1. The molecule has 0 heterocycles. The molecule has 0 bridgehead atoms. The average molecular weight is 296 g/mol. The molecule has 100 valence electrons. The number of amides is 1. The number of carbonyl (C=O) groups is 1. The molecule has 0 fully saturated rings. The molecule has 0 aliphatic rings. The second kappa shape index (κ2) is 6.90. The van der Waals surface area contributed by atoms with Gasteiger partial charge in [0.1, 0.15) is 0 Å². The van der Waals surface area contributed by atoms with Crippen molar-refractivity contribution >= 4 is 29.1 Å². The van der Waals surface area contributed by atoms with E-state index in [1.165, 1.54) is 6.07 Å². The Balaban J connectivity index is 2.94. The van der Waals surface area contributed by atoms with E-state index in [4.69, 9.17) is 23.2 Å². The van der Waals surface area contributed by atoms with Crippen molar-refractivity contribution in [1.29, 1.82) is 0 Å². The van der Waals surface area contributed by atoms with Crippen molar-refractivity contribution in [3.63, 3.8) is 0 Å². The maximum Gasteiger partial charge on any atom is 0.255 e. The minimum atomic E-state index is -2.60. The monoisotopic (exact) mass is 295 g/mol. The topological polar surface area (TPSA) is 20.3 Å². The molecule has 2 nitrogen and oxygen atoms in total. The van der Waals surface area contributed by atoms with Gasteiger partial charge in [0.05, 0.1) is 17.1 Å². The summed E-state index contributed by atoms with van der Waals surface area (Å²) in [6, 6.07) is 4.86. The van der Waals surface area contributed by atoms with Gasteiger partial charge in [-0.3, -0.25) is 4.79 Å². The molecule has 1 rings (SSSR count). The Morgan fingerprint density at radius 2 is 2.11 bits per heavy atom. The molecule has 18 heavy (non-hydrogen) atoms. The molecule has 1 aromatic rings. The number of hydrogen-bond donors (Lipinski definition) is 0. The molecule has 0 saturated heterocycles. The lowest BCUT2D eigenvalue weighted by molar-refractivity contribution is 0.0571. The molecule has 0 aromatic heterocycles. The van der Waals surface area contributed by atoms with Crippen LogP contribution in [0.25, 0.3) is 0 Å². The van der Waals surface area contributed by atoms with E-state index < -0.39 is 18.9 Å². The van der Waals surface area contributed by atoms with Crippen molar-refractivity contribution in [2.24, 2.45) is 0 Å². The van der Waals surface area contributed by atoms with Crippen molar-refractivity contribution in [2.75, 3.05) is 19.0 Å². The molecule has 0 aliphatic heterocycles. The number of nitrogens with zero attached hydrogens (tertiary/aromatic N) is 1. The molecule has 0 radical (unpaired) electrons. The Kier molecular flexibility index (Phi) is 5.82. The fourth-order valence-electron chi connectivity index (χ4n) is 1.51. The highest BCUT2D eigenvalue weighted by atomic mass is 35.5. The molecular weight excluding hydrogens is 283 g/mol. The first-order chi connectivity index (χ1) is 8.45. The molecule has 0 spiro atoms. The Labute approximate surface area is 114 Å². The van der Waals surface area contributed by atoms with E-state index in [1.54, 1.807) is 12.1 Å². The molecule has 0 aliphatic carbocycles. The van der Waals surface area contributed by atoms with Crippen LogP contribution in [0.1, 0.15) is 15.9 Å². The molecule has 1 aromatic carbocycles. The number of hydrogen-bond acceptors (Lipinski definition) is 1. The summed E-state index contributed by atoms with van der Waals surface area (Å²) in [7, 11) is 0. The van der Waals surface area contributed by atoms with Crippen LogP contribution in [0.2, 0.25) is 5.02 Å². The Bertz CT molecular complexity index is 427. The van der Waals surface area contributed by atoms with Crippen molar-refractivity contribution in [3.8, 4) is 0 Å². The Morgan fingerprint density at radius 1 is 1.44 bits per heavy atom. The second-order valence-electron chi connectivity index (χ2n) is 3.81. The van der Waals surface area contributed by atoms with Gasteiger partial charge >= 0.3 is 0 Å². The maximum atomic E-state index is 12.4. The average Bonchev–Trinajstić information content (AvgIpc) is 2.27. The van der Waals surface area contributed by atoms with Crippen LogP contribution in [0, 0.1) is 6.92 Å². The summed E-state index contributed by atoms with van der Waals surface area (Å²) >= 11 is 11.4. The van der Waals surface area contributed by atoms with Gasteiger partial charge in [-0.05, 0) is 24.6 Å². The van der Waals surface area contributed by atoms with E-state index in [9.17, 15) is 13.6 Å². The summed E-state index contributed by atoms with van der Waals surface area (Å²) in [5.41, 5.74) is 1.11. The summed E-state index contributed by atoms with van der Waals surface area (Å²) in [6.45, 7) is 1.25. The number of aryl methyl sites for hydroxylation is 1. The zero-order valence-corrected chi connectivity index (χ0v) is 11.3. The van der Waals surface area contributed by atoms with Gasteiger partial charge < -0.3 is 4.90 Å². The fourth-order valence-corrected chi connectivity index (χ4v) is 2.03. The Hall–Kier alpha value is -0.870. The minimum Gasteiger partial charge on any atom is -0.332 e. The van der Waals surface area contributed by atoms with E-state index in [0.717, 1.165) is 10.5 Å². The molecule has 0 N–H and O–H groups in total. The zero-order chi connectivity index (χ0) is 13.7. The molecule has 0 unspecified atom stereocenters. The van der Waals surface area contributed by atoms with Gasteiger partial charge in [-0.1, -0.05) is 17.7 Å². The fraction of sp³-hybridized carbons (Fsp3) is 0.417. The van der Waals surface area contributed by atoms with E-state index in [2.05, 4.69) is 0 Å². The number of halogens is 4. The molecule has 0 atom stereocenters. The first-order valence-corrected chi connectivity index (χ1v) is 6.26. The van der Waals surface area contributed by atoms with Crippen LogP contribution >= 0.6 is 23.2 Å². The van der Waals surface area contributed by atoms with Crippen molar-refractivity contribution in [1.82, 2.24) is 4.90 Å². The zero-order valence-electron chi connectivity index (χ0n) is 9.80. The smallest absolute Gasteiger partial charge is 0.255 e. The molecule has 0 saturated carbocycles. The maximum absolute atomic E-state index is 12.4. The SMILES string of the molecule is Cc1ccc(C(=O)N(CCCl)CC(F)F)c(Cl)c1. The predicted molar refractivity (Wildman–Crippen MR) is 68.8 cm³/mol. The van der Waals surface area contributed by atoms with Gasteiger partial charge in [0.15, 0.2) is 0 Å². The highest BCUT2D eigenvalue weighted by Gasteiger charge is 2.21. The largest absolute Gasteiger partial charge is 0.332 e. The third kappa shape index (κ3) is 4.10. The van der Waals surface area contributed by atoms with Crippen LogP contribution in [-0.4, -0.2) is 36.2 Å². The number of benzene rings is 1. The minimum absolute atomic E-state index is 0.0644. The summed E-state index contributed by atoms with van der Waals surface area (Å²) < 4.78 is 24.8. The van der Waals surface area contributed by atoms with Crippen molar-refractivity contribution in [2.45, 2.75) is 13.3 Å². The van der Waals surface area contributed by atoms with E-state index in [1.807, 2.05) is 6.92 Å². The van der Waals surface area contributed by atoms with Crippen LogP contribution < -0.4 is 0 Å². The first-order valence-electron chi connectivity index (χ1n) is 5.35. The molecule has 1 amide bonds. The third-order valence-corrected chi connectivity index (χ3v) is 2.84. The molecule has 6 heteroatoms. The van der Waals surface area contributed by atoms with E-state index in [0.29, 0.717) is 0 Å². The van der Waals surface area contributed by atoms with Gasteiger partial charge in [0.25, 0.3) is 12.3 Å². The van der Waals surface area contributed by atoms with Gasteiger partial charge in [-0.15, -0.1) is 11.6 Å². The van der Waals surface area contributed by atoms with Gasteiger partial charge in [0, 0.05) is 12.4 Å². The number of carbonyl (C=O) groups excluding carboxylic acids is 1. The van der Waals surface area contributed by atoms with Crippen LogP contribution in [-0.2, 0) is 0 Å². The van der Waals surface area contributed by atoms with Crippen molar-refractivity contribution < 1.29 is 13.6 Å². The molecular formula is C12H13Cl2F2NO. The van der Waals surface area contributed by atoms with Crippen LogP contribution in [0.15, 0.2) is 18.2 Å². The lowest BCUT2D eigenvalue weighted by Crippen LogP contribution is -2.36. The quantitative estimate of drug-likeness (QED) is 0.760. The Morgan fingerprint density at radius 3 is 2.61 bits per heavy atom. The van der Waals surface area contributed by atoms with Gasteiger partial charge in [0.2, 0.25) is 0 Å². The predicted octanol–water partition coefficient (Wildman–Crippen LogP) is 3.59. The van der Waals surface area contributed by atoms with Gasteiger partial charge in [-0.2, -0.15) is 0 Å². The lowest BCUT2D eigenvalue weighted by Gasteiger charge is -2.21. The summed E-state index contributed by atoms with van der Waals surface area (Å²) in [6.07, 6.45) is -2.60.